The summed E-state index contributed by atoms with van der Waals surface area (Å²) in [4.78, 5) is 54.3. The molecule has 1 aliphatic heterocycles. The standard InChI is InChI=1S/C23H28N4O5/c1-22(2,16-7-5-4-6-8-16)12-18(26-19(29)15-9-10-25-13-15)20(30)27(3)23(21(24)31)11-17(28)14-32-23/h4-10,13,18,25H,11-12,14H2,1-3H3,(H2,24,31)(H,26,29)/t18-,23?/m0/s1. The Morgan fingerprint density at radius 1 is 1.25 bits per heavy atom. The van der Waals surface area contributed by atoms with Crippen LogP contribution in [0.3, 0.4) is 0 Å². The molecule has 1 aromatic heterocycles. The number of ether oxygens (including phenoxy) is 1. The van der Waals surface area contributed by atoms with Gasteiger partial charge in [0.05, 0.1) is 12.0 Å². The van der Waals surface area contributed by atoms with Gasteiger partial charge in [0.2, 0.25) is 11.6 Å². The van der Waals surface area contributed by atoms with Gasteiger partial charge in [-0.25, -0.2) is 0 Å². The third-order valence-electron chi connectivity index (χ3n) is 5.90. The summed E-state index contributed by atoms with van der Waals surface area (Å²) in [5, 5.41) is 2.77. The van der Waals surface area contributed by atoms with Crippen molar-refractivity contribution in [2.45, 2.75) is 43.9 Å². The molecule has 0 spiro atoms. The van der Waals surface area contributed by atoms with Crippen molar-refractivity contribution in [1.82, 2.24) is 15.2 Å². The highest BCUT2D eigenvalue weighted by Gasteiger charge is 2.52. The van der Waals surface area contributed by atoms with Gasteiger partial charge < -0.3 is 25.7 Å². The molecular weight excluding hydrogens is 412 g/mol. The Bertz CT molecular complexity index is 1000. The molecule has 2 atom stereocenters. The van der Waals surface area contributed by atoms with Crippen molar-refractivity contribution in [1.29, 1.82) is 0 Å². The molecule has 9 nitrogen and oxygen atoms in total. The lowest BCUT2D eigenvalue weighted by atomic mass is 9.78. The molecule has 1 aromatic carbocycles. The maximum atomic E-state index is 13.6. The van der Waals surface area contributed by atoms with Gasteiger partial charge in [-0.05, 0) is 23.5 Å². The van der Waals surface area contributed by atoms with Crippen molar-refractivity contribution in [3.05, 3.63) is 59.9 Å². The predicted octanol–water partition coefficient (Wildman–Crippen LogP) is 1.11. The number of hydrogen-bond donors (Lipinski definition) is 3. The van der Waals surface area contributed by atoms with Crippen molar-refractivity contribution < 1.29 is 23.9 Å². The first-order valence-electron chi connectivity index (χ1n) is 10.3. The molecule has 1 saturated heterocycles. The van der Waals surface area contributed by atoms with Gasteiger partial charge in [0.15, 0.2) is 5.78 Å². The summed E-state index contributed by atoms with van der Waals surface area (Å²) in [5.41, 5.74) is 4.50. The SMILES string of the molecule is CN(C(=O)[C@H](CC(C)(C)c1ccccc1)NC(=O)c1cc[nH]c1)C1(C(N)=O)CC(=O)CO1. The number of Topliss-reactive ketones (excluding diaryl/α,β-unsaturated/α-hetero) is 1. The monoisotopic (exact) mass is 440 g/mol. The maximum absolute atomic E-state index is 13.6. The van der Waals surface area contributed by atoms with Gasteiger partial charge >= 0.3 is 0 Å². The van der Waals surface area contributed by atoms with E-state index < -0.39 is 34.9 Å². The molecule has 0 radical (unpaired) electrons. The molecule has 32 heavy (non-hydrogen) atoms. The number of primary amides is 1. The number of nitrogens with one attached hydrogen (secondary N) is 2. The topological polar surface area (TPSA) is 135 Å². The number of likely N-dealkylation sites (N-methyl/N-ethyl adjacent to an activating group) is 1. The lowest BCUT2D eigenvalue weighted by molar-refractivity contribution is -0.173. The van der Waals surface area contributed by atoms with Gasteiger partial charge in [0, 0.05) is 19.4 Å². The predicted molar refractivity (Wildman–Crippen MR) is 116 cm³/mol. The number of ketones is 1. The molecule has 4 N–H and O–H groups in total. The minimum absolute atomic E-state index is 0.235. The number of hydrogen-bond acceptors (Lipinski definition) is 5. The number of nitrogens with two attached hydrogens (primary N) is 1. The van der Waals surface area contributed by atoms with Crippen LogP contribution in [0, 0.1) is 0 Å². The van der Waals surface area contributed by atoms with Crippen molar-refractivity contribution in [2.24, 2.45) is 5.73 Å². The van der Waals surface area contributed by atoms with Crippen molar-refractivity contribution in [3.8, 4) is 0 Å². The Kier molecular flexibility index (Phi) is 6.50. The first kappa shape index (κ1) is 23.2. The molecule has 3 amide bonds. The Hall–Kier alpha value is -3.46. The minimum Gasteiger partial charge on any atom is -0.367 e. The highest BCUT2D eigenvalue weighted by atomic mass is 16.5. The number of aromatic amines is 1. The Morgan fingerprint density at radius 2 is 1.94 bits per heavy atom. The third-order valence-corrected chi connectivity index (χ3v) is 5.90. The summed E-state index contributed by atoms with van der Waals surface area (Å²) in [6.45, 7) is 3.62. The van der Waals surface area contributed by atoms with Gasteiger partial charge in [-0.3, -0.25) is 19.2 Å². The third kappa shape index (κ3) is 4.57. The molecule has 1 aliphatic rings. The van der Waals surface area contributed by atoms with Crippen LogP contribution in [-0.2, 0) is 24.5 Å². The van der Waals surface area contributed by atoms with E-state index in [2.05, 4.69) is 10.3 Å². The zero-order valence-electron chi connectivity index (χ0n) is 18.4. The highest BCUT2D eigenvalue weighted by molar-refractivity contribution is 6.00. The van der Waals surface area contributed by atoms with E-state index in [-0.39, 0.29) is 25.2 Å². The zero-order chi connectivity index (χ0) is 23.5. The van der Waals surface area contributed by atoms with E-state index in [9.17, 15) is 19.2 Å². The second kappa shape index (κ2) is 8.96. The Labute approximate surface area is 186 Å². The summed E-state index contributed by atoms with van der Waals surface area (Å²) in [6.07, 6.45) is 3.03. The smallest absolute Gasteiger partial charge is 0.271 e. The zero-order valence-corrected chi connectivity index (χ0v) is 18.4. The van der Waals surface area contributed by atoms with Crippen LogP contribution in [0.15, 0.2) is 48.8 Å². The van der Waals surface area contributed by atoms with Crippen LogP contribution >= 0.6 is 0 Å². The molecule has 0 saturated carbocycles. The normalized spacial score (nSPS) is 19.4. The van der Waals surface area contributed by atoms with E-state index in [1.807, 2.05) is 44.2 Å². The number of amides is 3. The molecule has 1 unspecified atom stereocenters. The van der Waals surface area contributed by atoms with Crippen LogP contribution < -0.4 is 11.1 Å². The molecule has 2 aromatic rings. The number of benzene rings is 1. The summed E-state index contributed by atoms with van der Waals surface area (Å²) in [5.74, 6) is -2.29. The summed E-state index contributed by atoms with van der Waals surface area (Å²) < 4.78 is 5.40. The lowest BCUT2D eigenvalue weighted by Gasteiger charge is -2.38. The van der Waals surface area contributed by atoms with E-state index in [1.54, 1.807) is 12.3 Å². The molecule has 2 heterocycles. The van der Waals surface area contributed by atoms with Crippen molar-refractivity contribution in [3.63, 3.8) is 0 Å². The van der Waals surface area contributed by atoms with Crippen molar-refractivity contribution in [2.75, 3.05) is 13.7 Å². The Balaban J connectivity index is 1.92. The van der Waals surface area contributed by atoms with Gasteiger partial charge in [-0.15, -0.1) is 0 Å². The molecule has 0 bridgehead atoms. The number of rotatable bonds is 8. The maximum Gasteiger partial charge on any atom is 0.271 e. The van der Waals surface area contributed by atoms with Crippen LogP contribution in [0.25, 0.3) is 0 Å². The number of carbonyl (C=O) groups is 4. The van der Waals surface area contributed by atoms with E-state index >= 15 is 0 Å². The van der Waals surface area contributed by atoms with Crippen LogP contribution in [0.1, 0.15) is 42.6 Å². The van der Waals surface area contributed by atoms with Crippen LogP contribution in [-0.4, -0.2) is 58.8 Å². The second-order valence-corrected chi connectivity index (χ2v) is 8.63. The largest absolute Gasteiger partial charge is 0.367 e. The fourth-order valence-corrected chi connectivity index (χ4v) is 3.94. The van der Waals surface area contributed by atoms with Crippen molar-refractivity contribution >= 4 is 23.5 Å². The van der Waals surface area contributed by atoms with Crippen LogP contribution in [0.2, 0.25) is 0 Å². The first-order chi connectivity index (χ1) is 15.1. The molecule has 1 fully saturated rings. The summed E-state index contributed by atoms with van der Waals surface area (Å²) >= 11 is 0. The number of aromatic nitrogens is 1. The first-order valence-corrected chi connectivity index (χ1v) is 10.3. The van der Waals surface area contributed by atoms with Gasteiger partial charge in [-0.1, -0.05) is 44.2 Å². The van der Waals surface area contributed by atoms with Crippen LogP contribution in [0.5, 0.6) is 0 Å². The Morgan fingerprint density at radius 3 is 2.47 bits per heavy atom. The summed E-state index contributed by atoms with van der Waals surface area (Å²) in [7, 11) is 1.36. The molecular formula is C23H28N4O5. The highest BCUT2D eigenvalue weighted by Crippen LogP contribution is 2.31. The molecule has 3 rings (SSSR count). The average molecular weight is 441 g/mol. The fraction of sp³-hybridized carbons (Fsp3) is 0.391. The van der Waals surface area contributed by atoms with E-state index in [4.69, 9.17) is 10.5 Å². The van der Waals surface area contributed by atoms with Crippen LogP contribution in [0.4, 0.5) is 0 Å². The number of nitrogens with zero attached hydrogens (tertiary/aromatic N) is 1. The summed E-state index contributed by atoms with van der Waals surface area (Å²) in [6, 6.07) is 10.2. The average Bonchev–Trinajstić information content (AvgIpc) is 3.43. The van der Waals surface area contributed by atoms with Gasteiger partial charge in [0.1, 0.15) is 12.6 Å². The van der Waals surface area contributed by atoms with Gasteiger partial charge in [0.25, 0.3) is 11.8 Å². The molecule has 9 heteroatoms. The van der Waals surface area contributed by atoms with E-state index in [0.717, 1.165) is 10.5 Å². The fourth-order valence-electron chi connectivity index (χ4n) is 3.94. The van der Waals surface area contributed by atoms with Gasteiger partial charge in [-0.2, -0.15) is 0 Å². The number of H-pyrrole nitrogens is 1. The quantitative estimate of drug-likeness (QED) is 0.565. The lowest BCUT2D eigenvalue weighted by Crippen LogP contribution is -2.62. The molecule has 170 valence electrons. The minimum atomic E-state index is -1.87. The van der Waals surface area contributed by atoms with E-state index in [0.29, 0.717) is 5.56 Å². The molecule has 0 aliphatic carbocycles. The van der Waals surface area contributed by atoms with E-state index in [1.165, 1.54) is 13.2 Å². The number of carbonyl (C=O) groups excluding carboxylic acids is 4. The second-order valence-electron chi connectivity index (χ2n) is 8.63.